The van der Waals surface area contributed by atoms with Gasteiger partial charge in [0.2, 0.25) is 10.0 Å². The van der Waals surface area contributed by atoms with Crippen molar-refractivity contribution in [3.8, 4) is 5.75 Å². The SMILES string of the molecule is Cc1cc(OCC(=O)c2ccc3c(c2)CCCN3S(C)(=O)=O)ccc1Cl. The zero-order valence-corrected chi connectivity index (χ0v) is 16.2. The van der Waals surface area contributed by atoms with Crippen LogP contribution < -0.4 is 9.04 Å². The molecule has 1 heterocycles. The van der Waals surface area contributed by atoms with Crippen molar-refractivity contribution in [3.63, 3.8) is 0 Å². The van der Waals surface area contributed by atoms with Crippen LogP contribution in [0.4, 0.5) is 5.69 Å². The van der Waals surface area contributed by atoms with Crippen LogP contribution in [0.2, 0.25) is 5.02 Å². The Morgan fingerprint density at radius 3 is 2.69 bits per heavy atom. The number of aryl methyl sites for hydroxylation is 2. The summed E-state index contributed by atoms with van der Waals surface area (Å²) in [4.78, 5) is 12.5. The van der Waals surface area contributed by atoms with Crippen molar-refractivity contribution in [3.05, 3.63) is 58.1 Å². The Morgan fingerprint density at radius 2 is 2.00 bits per heavy atom. The minimum atomic E-state index is -3.31. The average Bonchev–Trinajstić information content (AvgIpc) is 2.60. The van der Waals surface area contributed by atoms with Crippen molar-refractivity contribution in [2.75, 3.05) is 23.7 Å². The fourth-order valence-corrected chi connectivity index (χ4v) is 4.13. The van der Waals surface area contributed by atoms with Crippen LogP contribution in [0.15, 0.2) is 36.4 Å². The van der Waals surface area contributed by atoms with E-state index in [0.29, 0.717) is 28.6 Å². The first-order valence-electron chi connectivity index (χ1n) is 8.28. The number of ketones is 1. The molecular weight excluding hydrogens is 374 g/mol. The van der Waals surface area contributed by atoms with E-state index in [9.17, 15) is 13.2 Å². The van der Waals surface area contributed by atoms with Crippen LogP contribution in [0.1, 0.15) is 27.9 Å². The van der Waals surface area contributed by atoms with Gasteiger partial charge in [-0.25, -0.2) is 8.42 Å². The van der Waals surface area contributed by atoms with Gasteiger partial charge in [-0.05, 0) is 67.3 Å². The number of sulfonamides is 1. The summed E-state index contributed by atoms with van der Waals surface area (Å²) < 4.78 is 30.8. The first kappa shape index (κ1) is 18.7. The van der Waals surface area contributed by atoms with E-state index < -0.39 is 10.0 Å². The van der Waals surface area contributed by atoms with Crippen LogP contribution in [-0.2, 0) is 16.4 Å². The van der Waals surface area contributed by atoms with E-state index >= 15 is 0 Å². The third kappa shape index (κ3) is 4.02. The Kier molecular flexibility index (Phi) is 5.25. The summed E-state index contributed by atoms with van der Waals surface area (Å²) in [5, 5.41) is 0.647. The molecule has 1 aliphatic rings. The number of ether oxygens (including phenoxy) is 1. The maximum Gasteiger partial charge on any atom is 0.232 e. The highest BCUT2D eigenvalue weighted by Gasteiger charge is 2.24. The number of hydrogen-bond donors (Lipinski definition) is 0. The molecule has 138 valence electrons. The second-order valence-electron chi connectivity index (χ2n) is 6.41. The van der Waals surface area contributed by atoms with Crippen LogP contribution in [0, 0.1) is 6.92 Å². The first-order valence-corrected chi connectivity index (χ1v) is 10.5. The highest BCUT2D eigenvalue weighted by Crippen LogP contribution is 2.30. The van der Waals surface area contributed by atoms with Gasteiger partial charge in [-0.1, -0.05) is 11.6 Å². The van der Waals surface area contributed by atoms with E-state index in [4.69, 9.17) is 16.3 Å². The third-order valence-electron chi connectivity index (χ3n) is 4.38. The number of hydrogen-bond acceptors (Lipinski definition) is 4. The number of fused-ring (bicyclic) bond motifs is 1. The molecule has 0 aromatic heterocycles. The van der Waals surface area contributed by atoms with E-state index in [1.54, 1.807) is 36.4 Å². The van der Waals surface area contributed by atoms with Crippen molar-refractivity contribution < 1.29 is 17.9 Å². The maximum absolute atomic E-state index is 12.5. The van der Waals surface area contributed by atoms with E-state index in [2.05, 4.69) is 0 Å². The quantitative estimate of drug-likeness (QED) is 0.728. The lowest BCUT2D eigenvalue weighted by Gasteiger charge is -2.29. The number of carbonyl (C=O) groups excluding carboxylic acids is 1. The monoisotopic (exact) mass is 393 g/mol. The van der Waals surface area contributed by atoms with Crippen molar-refractivity contribution in [1.29, 1.82) is 0 Å². The number of rotatable bonds is 5. The Hall–Kier alpha value is -2.05. The molecule has 0 radical (unpaired) electrons. The minimum absolute atomic E-state index is 0.0876. The lowest BCUT2D eigenvalue weighted by atomic mass is 9.99. The molecule has 0 amide bonds. The topological polar surface area (TPSA) is 63.7 Å². The number of halogens is 1. The Morgan fingerprint density at radius 1 is 1.23 bits per heavy atom. The predicted octanol–water partition coefficient (Wildman–Crippen LogP) is 3.62. The van der Waals surface area contributed by atoms with E-state index in [1.165, 1.54) is 10.6 Å². The molecule has 0 atom stereocenters. The second kappa shape index (κ2) is 7.29. The Bertz CT molecular complexity index is 956. The molecule has 7 heteroatoms. The molecule has 0 bridgehead atoms. The molecular formula is C19H20ClNO4S. The summed E-state index contributed by atoms with van der Waals surface area (Å²) in [6.07, 6.45) is 2.68. The molecule has 0 fully saturated rings. The molecule has 0 saturated heterocycles. The minimum Gasteiger partial charge on any atom is -0.485 e. The highest BCUT2D eigenvalue weighted by atomic mass is 35.5. The van der Waals surface area contributed by atoms with Gasteiger partial charge in [0.25, 0.3) is 0 Å². The summed E-state index contributed by atoms with van der Waals surface area (Å²) in [5.74, 6) is 0.429. The van der Waals surface area contributed by atoms with Gasteiger partial charge < -0.3 is 4.74 Å². The van der Waals surface area contributed by atoms with Crippen molar-refractivity contribution >= 4 is 33.1 Å². The molecule has 0 aliphatic carbocycles. The Labute approximate surface area is 158 Å². The second-order valence-corrected chi connectivity index (χ2v) is 8.72. The molecule has 3 rings (SSSR count). The van der Waals surface area contributed by atoms with Crippen molar-refractivity contribution in [1.82, 2.24) is 0 Å². The van der Waals surface area contributed by atoms with Crippen LogP contribution in [0.3, 0.4) is 0 Å². The molecule has 2 aromatic carbocycles. The highest BCUT2D eigenvalue weighted by molar-refractivity contribution is 7.92. The molecule has 0 saturated carbocycles. The van der Waals surface area contributed by atoms with Crippen LogP contribution >= 0.6 is 11.6 Å². The van der Waals surface area contributed by atoms with Gasteiger partial charge in [0.15, 0.2) is 12.4 Å². The molecule has 26 heavy (non-hydrogen) atoms. The van der Waals surface area contributed by atoms with E-state index in [1.807, 2.05) is 6.92 Å². The molecule has 2 aromatic rings. The number of anilines is 1. The van der Waals surface area contributed by atoms with Gasteiger partial charge in [0, 0.05) is 17.1 Å². The summed E-state index contributed by atoms with van der Waals surface area (Å²) >= 11 is 5.98. The normalized spacial score (nSPS) is 14.0. The number of benzene rings is 2. The molecule has 0 unspecified atom stereocenters. The van der Waals surface area contributed by atoms with Gasteiger partial charge in [-0.15, -0.1) is 0 Å². The standard InChI is InChI=1S/C19H20ClNO4S/c1-13-10-16(6-7-17(13)20)25-12-19(22)15-5-8-18-14(11-15)4-3-9-21(18)26(2,23)24/h5-8,10-11H,3-4,9,12H2,1-2H3. The number of carbonyl (C=O) groups is 1. The lowest BCUT2D eigenvalue weighted by molar-refractivity contribution is 0.0921. The molecule has 0 spiro atoms. The number of nitrogens with zero attached hydrogens (tertiary/aromatic N) is 1. The van der Waals surface area contributed by atoms with Crippen LogP contribution in [0.5, 0.6) is 5.75 Å². The lowest BCUT2D eigenvalue weighted by Crippen LogP contribution is -2.34. The Balaban J connectivity index is 1.75. The van der Waals surface area contributed by atoms with Crippen molar-refractivity contribution in [2.45, 2.75) is 19.8 Å². The summed E-state index contributed by atoms with van der Waals surface area (Å²) in [5.41, 5.74) is 2.93. The third-order valence-corrected chi connectivity index (χ3v) is 5.98. The average molecular weight is 394 g/mol. The van der Waals surface area contributed by atoms with Gasteiger partial charge in [0.1, 0.15) is 5.75 Å². The van der Waals surface area contributed by atoms with Gasteiger partial charge in [-0.3, -0.25) is 9.10 Å². The van der Waals surface area contributed by atoms with Crippen LogP contribution in [-0.4, -0.2) is 33.6 Å². The summed E-state index contributed by atoms with van der Waals surface area (Å²) in [7, 11) is -3.31. The van der Waals surface area contributed by atoms with E-state index in [0.717, 1.165) is 24.0 Å². The van der Waals surface area contributed by atoms with Crippen LogP contribution in [0.25, 0.3) is 0 Å². The van der Waals surface area contributed by atoms with E-state index in [-0.39, 0.29) is 12.4 Å². The van der Waals surface area contributed by atoms with Crippen molar-refractivity contribution in [2.24, 2.45) is 0 Å². The molecule has 5 nitrogen and oxygen atoms in total. The smallest absolute Gasteiger partial charge is 0.232 e. The molecule has 0 N–H and O–H groups in total. The fraction of sp³-hybridized carbons (Fsp3) is 0.316. The van der Waals surface area contributed by atoms with Gasteiger partial charge in [-0.2, -0.15) is 0 Å². The zero-order chi connectivity index (χ0) is 18.9. The van der Waals surface area contributed by atoms with Gasteiger partial charge in [0.05, 0.1) is 11.9 Å². The molecule has 1 aliphatic heterocycles. The maximum atomic E-state index is 12.5. The van der Waals surface area contributed by atoms with Gasteiger partial charge >= 0.3 is 0 Å². The summed E-state index contributed by atoms with van der Waals surface area (Å²) in [6.45, 7) is 2.25. The largest absolute Gasteiger partial charge is 0.485 e. The predicted molar refractivity (Wildman–Crippen MR) is 103 cm³/mol. The zero-order valence-electron chi connectivity index (χ0n) is 14.7. The first-order chi connectivity index (χ1) is 12.3. The summed E-state index contributed by atoms with van der Waals surface area (Å²) in [6, 6.07) is 10.4. The fourth-order valence-electron chi connectivity index (χ4n) is 3.02. The number of Topliss-reactive ketones (excluding diaryl/α,β-unsaturated/α-hetero) is 1.